The van der Waals surface area contributed by atoms with Crippen molar-refractivity contribution in [2.45, 2.75) is 37.0 Å². The van der Waals surface area contributed by atoms with E-state index in [1.807, 2.05) is 28.9 Å². The number of primary sulfonamides is 1. The van der Waals surface area contributed by atoms with Gasteiger partial charge < -0.3 is 4.74 Å². The average Bonchev–Trinajstić information content (AvgIpc) is 3.56. The molecule has 2 aromatic heterocycles. The first-order chi connectivity index (χ1) is 19.8. The number of nitrogens with zero attached hydrogens (tertiary/aromatic N) is 3. The molecule has 5 aromatic rings. The summed E-state index contributed by atoms with van der Waals surface area (Å²) >= 11 is 1.35. The molecule has 41 heavy (non-hydrogen) atoms. The van der Waals surface area contributed by atoms with Crippen LogP contribution in [-0.2, 0) is 21.2 Å². The van der Waals surface area contributed by atoms with E-state index in [1.54, 1.807) is 24.4 Å². The lowest BCUT2D eigenvalue weighted by Crippen LogP contribution is -2.11. The van der Waals surface area contributed by atoms with Crippen LogP contribution in [0.3, 0.4) is 0 Å². The highest BCUT2D eigenvalue weighted by Gasteiger charge is 2.34. The Kier molecular flexibility index (Phi) is 7.29. The number of hydrogen-bond acceptors (Lipinski definition) is 7. The van der Waals surface area contributed by atoms with Crippen molar-refractivity contribution in [1.82, 2.24) is 14.8 Å². The predicted molar refractivity (Wildman–Crippen MR) is 159 cm³/mol. The molecule has 1 aliphatic rings. The standard InChI is InChI=1S/C31H28N4O4S2/c1-2-39-30(36)27-19-40-31(33-27)35-29(22-13-14-22)26(17-20-11-15-25(16-12-20)41(32,37)38)28(34-35)24-10-6-9-23(18-24)21-7-4-3-5-8-21/h3-12,15-16,18-19,22H,2,13-14,17H2,1H3,(H2,32,37,38). The van der Waals surface area contributed by atoms with Crippen LogP contribution in [0.4, 0.5) is 0 Å². The topological polar surface area (TPSA) is 117 Å². The predicted octanol–water partition coefficient (Wildman–Crippen LogP) is 5.96. The number of benzene rings is 3. The smallest absolute Gasteiger partial charge is 0.357 e. The third-order valence-electron chi connectivity index (χ3n) is 7.02. The van der Waals surface area contributed by atoms with Crippen molar-refractivity contribution in [3.63, 3.8) is 0 Å². The second kappa shape index (κ2) is 11.0. The number of ether oxygens (including phenoxy) is 1. The van der Waals surface area contributed by atoms with Gasteiger partial charge in [0.25, 0.3) is 0 Å². The van der Waals surface area contributed by atoms with E-state index >= 15 is 0 Å². The van der Waals surface area contributed by atoms with Gasteiger partial charge in [-0.3, -0.25) is 0 Å². The van der Waals surface area contributed by atoms with Gasteiger partial charge in [-0.05, 0) is 54.7 Å². The third kappa shape index (κ3) is 5.72. The van der Waals surface area contributed by atoms with Crippen LogP contribution in [0.15, 0.2) is 89.1 Å². The summed E-state index contributed by atoms with van der Waals surface area (Å²) in [5.41, 5.74) is 7.28. The molecule has 1 fully saturated rings. The van der Waals surface area contributed by atoms with E-state index in [-0.39, 0.29) is 17.2 Å². The first-order valence-electron chi connectivity index (χ1n) is 13.3. The molecule has 3 aromatic carbocycles. The SMILES string of the molecule is CCOC(=O)c1csc(-n2nc(-c3cccc(-c4ccccc4)c3)c(Cc3ccc(S(N)(=O)=O)cc3)c2C2CC2)n1. The molecule has 2 N–H and O–H groups in total. The zero-order valence-electron chi connectivity index (χ0n) is 22.4. The number of rotatable bonds is 9. The highest BCUT2D eigenvalue weighted by molar-refractivity contribution is 7.89. The fourth-order valence-corrected chi connectivity index (χ4v) is 6.20. The van der Waals surface area contributed by atoms with Crippen molar-refractivity contribution in [1.29, 1.82) is 0 Å². The van der Waals surface area contributed by atoms with E-state index in [1.165, 1.54) is 23.5 Å². The highest BCUT2D eigenvalue weighted by Crippen LogP contribution is 2.46. The van der Waals surface area contributed by atoms with Crippen molar-refractivity contribution >= 4 is 27.3 Å². The molecule has 0 spiro atoms. The van der Waals surface area contributed by atoms with Gasteiger partial charge >= 0.3 is 5.97 Å². The lowest BCUT2D eigenvalue weighted by atomic mass is 9.95. The average molecular weight is 585 g/mol. The van der Waals surface area contributed by atoms with Crippen molar-refractivity contribution in [2.75, 3.05) is 6.61 Å². The van der Waals surface area contributed by atoms with Crippen LogP contribution in [0.1, 0.15) is 53.0 Å². The largest absolute Gasteiger partial charge is 0.461 e. The zero-order valence-corrected chi connectivity index (χ0v) is 24.0. The van der Waals surface area contributed by atoms with Gasteiger partial charge in [-0.1, -0.05) is 60.7 Å². The Morgan fingerprint density at radius 3 is 2.39 bits per heavy atom. The molecular weight excluding hydrogens is 556 g/mol. The number of thiazole rings is 1. The highest BCUT2D eigenvalue weighted by atomic mass is 32.2. The Balaban J connectivity index is 1.49. The molecule has 10 heteroatoms. The van der Waals surface area contributed by atoms with Gasteiger partial charge in [0.1, 0.15) is 0 Å². The van der Waals surface area contributed by atoms with Crippen molar-refractivity contribution in [2.24, 2.45) is 5.14 Å². The number of nitrogens with two attached hydrogens (primary N) is 1. The Labute approximate surface area is 242 Å². The van der Waals surface area contributed by atoms with Gasteiger partial charge in [-0.15, -0.1) is 11.3 Å². The van der Waals surface area contributed by atoms with E-state index in [0.29, 0.717) is 17.5 Å². The van der Waals surface area contributed by atoms with Crippen LogP contribution in [0.5, 0.6) is 0 Å². The molecule has 0 atom stereocenters. The first-order valence-corrected chi connectivity index (χ1v) is 15.8. The lowest BCUT2D eigenvalue weighted by molar-refractivity contribution is 0.0520. The van der Waals surface area contributed by atoms with E-state index in [4.69, 9.17) is 15.0 Å². The minimum absolute atomic E-state index is 0.0735. The molecule has 0 bridgehead atoms. The summed E-state index contributed by atoms with van der Waals surface area (Å²) in [6.45, 7) is 2.04. The molecule has 2 heterocycles. The Morgan fingerprint density at radius 1 is 1.00 bits per heavy atom. The maximum Gasteiger partial charge on any atom is 0.357 e. The molecule has 0 saturated heterocycles. The van der Waals surface area contributed by atoms with Crippen molar-refractivity contribution in [3.8, 4) is 27.5 Å². The molecule has 1 saturated carbocycles. The van der Waals surface area contributed by atoms with Crippen LogP contribution in [0, 0.1) is 0 Å². The quantitative estimate of drug-likeness (QED) is 0.214. The number of carbonyl (C=O) groups excluding carboxylic acids is 1. The maximum atomic E-state index is 12.4. The third-order valence-corrected chi connectivity index (χ3v) is 8.77. The number of hydrogen-bond donors (Lipinski definition) is 1. The van der Waals surface area contributed by atoms with Crippen molar-refractivity contribution < 1.29 is 17.9 Å². The zero-order chi connectivity index (χ0) is 28.6. The van der Waals surface area contributed by atoms with Gasteiger partial charge in [-0.25, -0.2) is 28.0 Å². The van der Waals surface area contributed by atoms with Gasteiger partial charge in [0, 0.05) is 28.8 Å². The van der Waals surface area contributed by atoms with Crippen LogP contribution >= 0.6 is 11.3 Å². The van der Waals surface area contributed by atoms with Crippen LogP contribution in [0.25, 0.3) is 27.5 Å². The molecule has 1 aliphatic carbocycles. The molecule has 208 valence electrons. The molecular formula is C31H28N4O4S2. The molecule has 0 amide bonds. The first kappa shape index (κ1) is 27.1. The normalized spacial score (nSPS) is 13.3. The molecule has 0 unspecified atom stereocenters. The van der Waals surface area contributed by atoms with E-state index in [2.05, 4.69) is 35.3 Å². The van der Waals surface area contributed by atoms with Crippen LogP contribution in [0.2, 0.25) is 0 Å². The summed E-state index contributed by atoms with van der Waals surface area (Å²) in [6.07, 6.45) is 2.60. The second-order valence-corrected chi connectivity index (χ2v) is 12.3. The summed E-state index contributed by atoms with van der Waals surface area (Å²) in [5.74, 6) is -0.150. The summed E-state index contributed by atoms with van der Waals surface area (Å²) in [7, 11) is -3.79. The maximum absolute atomic E-state index is 12.4. The summed E-state index contributed by atoms with van der Waals surface area (Å²) < 4.78 is 30.7. The lowest BCUT2D eigenvalue weighted by Gasteiger charge is -2.09. The summed E-state index contributed by atoms with van der Waals surface area (Å²) in [5, 5.41) is 12.7. The molecule has 6 rings (SSSR count). The number of esters is 1. The van der Waals surface area contributed by atoms with Gasteiger partial charge in [0.2, 0.25) is 15.2 Å². The minimum Gasteiger partial charge on any atom is -0.461 e. The number of carbonyl (C=O) groups is 1. The van der Waals surface area contributed by atoms with Crippen LogP contribution < -0.4 is 5.14 Å². The van der Waals surface area contributed by atoms with E-state index in [9.17, 15) is 13.2 Å². The van der Waals surface area contributed by atoms with Crippen LogP contribution in [-0.4, -0.2) is 35.8 Å². The van der Waals surface area contributed by atoms with Gasteiger partial charge in [0.15, 0.2) is 5.69 Å². The van der Waals surface area contributed by atoms with Crippen molar-refractivity contribution in [3.05, 3.63) is 107 Å². The molecule has 0 radical (unpaired) electrons. The fourth-order valence-electron chi connectivity index (χ4n) is 4.93. The monoisotopic (exact) mass is 584 g/mol. The second-order valence-electron chi connectivity index (χ2n) is 9.95. The number of sulfonamides is 1. The van der Waals surface area contributed by atoms with Gasteiger partial charge in [-0.2, -0.15) is 5.10 Å². The minimum atomic E-state index is -3.79. The summed E-state index contributed by atoms with van der Waals surface area (Å²) in [4.78, 5) is 17.0. The Morgan fingerprint density at radius 2 is 1.71 bits per heavy atom. The molecule has 8 nitrogen and oxygen atoms in total. The van der Waals surface area contributed by atoms with Gasteiger partial charge in [0.05, 0.1) is 22.9 Å². The summed E-state index contributed by atoms with van der Waals surface area (Å²) in [6, 6.07) is 25.1. The Hall–Kier alpha value is -4.12. The number of aromatic nitrogens is 3. The fraction of sp³-hybridized carbons (Fsp3) is 0.194. The molecule has 0 aliphatic heterocycles. The Bertz CT molecular complexity index is 1820. The van der Waals surface area contributed by atoms with E-state index in [0.717, 1.165) is 52.0 Å². The van der Waals surface area contributed by atoms with E-state index < -0.39 is 16.0 Å².